The van der Waals surface area contributed by atoms with Crippen LogP contribution in [0.15, 0.2) is 12.1 Å². The van der Waals surface area contributed by atoms with E-state index in [4.69, 9.17) is 9.47 Å². The fraction of sp³-hybridized carbons (Fsp3) is 0.652. The number of ether oxygens (including phenoxy) is 2. The highest BCUT2D eigenvalue weighted by molar-refractivity contribution is 6.05. The van der Waals surface area contributed by atoms with Gasteiger partial charge in [-0.1, -0.05) is 6.92 Å². The Morgan fingerprint density at radius 2 is 1.87 bits per heavy atom. The predicted molar refractivity (Wildman–Crippen MR) is 108 cm³/mol. The van der Waals surface area contributed by atoms with Crippen LogP contribution in [0.2, 0.25) is 0 Å². The van der Waals surface area contributed by atoms with Gasteiger partial charge in [0.1, 0.15) is 5.75 Å². The van der Waals surface area contributed by atoms with Crippen molar-refractivity contribution >= 4 is 11.8 Å². The molecule has 7 nitrogen and oxygen atoms in total. The maximum Gasteiger partial charge on any atom is 0.233 e. The van der Waals surface area contributed by atoms with Gasteiger partial charge in [-0.15, -0.1) is 0 Å². The van der Waals surface area contributed by atoms with Crippen molar-refractivity contribution in [2.24, 2.45) is 23.7 Å². The summed E-state index contributed by atoms with van der Waals surface area (Å²) < 4.78 is 11.6. The number of benzene rings is 1. The SMILES string of the molecule is CCCN1C(=O)[C@H]2[C@H](C[C@H](COC)[C@@]3(O)O[C@H](c4cc(C)c(O)c(C)c4)C[C@@H]23)C1=O. The highest BCUT2D eigenvalue weighted by atomic mass is 16.6. The first-order valence-electron chi connectivity index (χ1n) is 10.8. The fourth-order valence-electron chi connectivity index (χ4n) is 5.77. The molecule has 2 saturated heterocycles. The van der Waals surface area contributed by atoms with Crippen molar-refractivity contribution < 1.29 is 29.3 Å². The molecular formula is C23H31NO6. The maximum atomic E-state index is 13.2. The lowest BCUT2D eigenvalue weighted by atomic mass is 9.64. The molecule has 6 atom stereocenters. The molecule has 2 heterocycles. The first kappa shape index (κ1) is 21.3. The first-order valence-corrected chi connectivity index (χ1v) is 10.8. The molecule has 0 unspecified atom stereocenters. The Balaban J connectivity index is 1.72. The van der Waals surface area contributed by atoms with Gasteiger partial charge < -0.3 is 19.7 Å². The molecule has 0 aromatic heterocycles. The van der Waals surface area contributed by atoms with Gasteiger partial charge in [0.15, 0.2) is 5.79 Å². The Bertz CT molecular complexity index is 846. The van der Waals surface area contributed by atoms with Crippen LogP contribution in [0.3, 0.4) is 0 Å². The van der Waals surface area contributed by atoms with Gasteiger partial charge in [0.2, 0.25) is 11.8 Å². The number of hydrogen-bond acceptors (Lipinski definition) is 6. The molecule has 1 aromatic carbocycles. The normalized spacial score (nSPS) is 35.6. The van der Waals surface area contributed by atoms with Crippen LogP contribution in [0.1, 0.15) is 49.0 Å². The van der Waals surface area contributed by atoms with Crippen LogP contribution < -0.4 is 0 Å². The number of amides is 2. The summed E-state index contributed by atoms with van der Waals surface area (Å²) in [7, 11) is 1.56. The number of nitrogens with zero attached hydrogens (tertiary/aromatic N) is 1. The molecule has 30 heavy (non-hydrogen) atoms. The van der Waals surface area contributed by atoms with Gasteiger partial charge in [-0.3, -0.25) is 14.5 Å². The monoisotopic (exact) mass is 417 g/mol. The van der Waals surface area contributed by atoms with Gasteiger partial charge in [-0.25, -0.2) is 0 Å². The molecule has 0 radical (unpaired) electrons. The summed E-state index contributed by atoms with van der Waals surface area (Å²) in [5.41, 5.74) is 2.34. The van der Waals surface area contributed by atoms with E-state index in [0.29, 0.717) is 25.8 Å². The third kappa shape index (κ3) is 3.06. The quantitative estimate of drug-likeness (QED) is 0.715. The molecule has 1 aliphatic carbocycles. The summed E-state index contributed by atoms with van der Waals surface area (Å²) in [5, 5.41) is 21.8. The number of imide groups is 1. The van der Waals surface area contributed by atoms with Crippen LogP contribution in [0, 0.1) is 37.5 Å². The molecule has 0 spiro atoms. The number of phenolic OH excluding ortho intramolecular Hbond substituents is 1. The van der Waals surface area contributed by atoms with E-state index in [1.54, 1.807) is 7.11 Å². The Hall–Kier alpha value is -1.96. The molecule has 2 amide bonds. The van der Waals surface area contributed by atoms with Crippen molar-refractivity contribution in [3.8, 4) is 5.75 Å². The second kappa shape index (κ2) is 7.62. The van der Waals surface area contributed by atoms with Gasteiger partial charge in [0.05, 0.1) is 24.5 Å². The molecule has 0 bridgehead atoms. The number of fused-ring (bicyclic) bond motifs is 3. The molecule has 3 aliphatic rings. The lowest BCUT2D eigenvalue weighted by molar-refractivity contribution is -0.275. The minimum absolute atomic E-state index is 0.130. The standard InChI is InChI=1S/C23H31NO6/c1-5-6-24-21(26)16-9-15(11-29-4)23(28)17(19(16)22(24)27)10-18(30-23)14-7-12(2)20(25)13(3)8-14/h7-8,15-19,25,28H,5-6,9-11H2,1-4H3/t15-,16+,17+,18+,19+,23-/m1/s1. The Labute approximate surface area is 177 Å². The number of aliphatic hydroxyl groups is 1. The van der Waals surface area contributed by atoms with E-state index in [-0.39, 0.29) is 24.2 Å². The molecule has 2 N–H and O–H groups in total. The number of carbonyl (C=O) groups is 2. The summed E-state index contributed by atoms with van der Waals surface area (Å²) in [6, 6.07) is 3.73. The lowest BCUT2D eigenvalue weighted by Crippen LogP contribution is -2.54. The van der Waals surface area contributed by atoms with Gasteiger partial charge in [-0.05, 0) is 61.9 Å². The van der Waals surface area contributed by atoms with E-state index in [9.17, 15) is 19.8 Å². The zero-order valence-electron chi connectivity index (χ0n) is 18.1. The van der Waals surface area contributed by atoms with Gasteiger partial charge >= 0.3 is 0 Å². The number of likely N-dealkylation sites (tertiary alicyclic amines) is 1. The minimum atomic E-state index is -1.53. The summed E-state index contributed by atoms with van der Waals surface area (Å²) in [5.74, 6) is -3.46. The zero-order chi connectivity index (χ0) is 21.8. The van der Waals surface area contributed by atoms with E-state index in [2.05, 4.69) is 0 Å². The predicted octanol–water partition coefficient (Wildman–Crippen LogP) is 2.45. The molecule has 4 rings (SSSR count). The van der Waals surface area contributed by atoms with Crippen LogP contribution in [0.25, 0.3) is 0 Å². The number of aryl methyl sites for hydroxylation is 2. The van der Waals surface area contributed by atoms with Gasteiger partial charge in [-0.2, -0.15) is 0 Å². The summed E-state index contributed by atoms with van der Waals surface area (Å²) in [4.78, 5) is 27.5. The number of carbonyl (C=O) groups excluding carboxylic acids is 2. The minimum Gasteiger partial charge on any atom is -0.507 e. The number of aromatic hydroxyl groups is 1. The fourth-order valence-corrected chi connectivity index (χ4v) is 5.77. The van der Waals surface area contributed by atoms with Crippen LogP contribution in [0.5, 0.6) is 5.75 Å². The van der Waals surface area contributed by atoms with Gasteiger partial charge in [0.25, 0.3) is 0 Å². The largest absolute Gasteiger partial charge is 0.507 e. The Morgan fingerprint density at radius 1 is 1.20 bits per heavy atom. The molecule has 2 aliphatic heterocycles. The molecule has 3 fully saturated rings. The van der Waals surface area contributed by atoms with Crippen LogP contribution in [-0.2, 0) is 19.1 Å². The van der Waals surface area contributed by atoms with Crippen molar-refractivity contribution in [2.45, 2.75) is 51.9 Å². The molecule has 1 saturated carbocycles. The van der Waals surface area contributed by atoms with Crippen molar-refractivity contribution in [2.75, 3.05) is 20.3 Å². The smallest absolute Gasteiger partial charge is 0.233 e. The number of phenols is 1. The highest BCUT2D eigenvalue weighted by Gasteiger charge is 2.66. The van der Waals surface area contributed by atoms with Crippen molar-refractivity contribution in [1.82, 2.24) is 4.90 Å². The molecule has 1 aromatic rings. The average molecular weight is 418 g/mol. The van der Waals surface area contributed by atoms with Crippen molar-refractivity contribution in [1.29, 1.82) is 0 Å². The highest BCUT2D eigenvalue weighted by Crippen LogP contribution is 2.58. The van der Waals surface area contributed by atoms with E-state index in [1.165, 1.54) is 4.90 Å². The van der Waals surface area contributed by atoms with E-state index in [1.807, 2.05) is 32.9 Å². The van der Waals surface area contributed by atoms with E-state index >= 15 is 0 Å². The zero-order valence-corrected chi connectivity index (χ0v) is 18.1. The van der Waals surface area contributed by atoms with E-state index < -0.39 is 35.6 Å². The number of rotatable bonds is 5. The molecular weight excluding hydrogens is 386 g/mol. The van der Waals surface area contributed by atoms with Crippen molar-refractivity contribution in [3.05, 3.63) is 28.8 Å². The summed E-state index contributed by atoms with van der Waals surface area (Å²) in [6.07, 6.45) is 1.11. The summed E-state index contributed by atoms with van der Waals surface area (Å²) >= 11 is 0. The summed E-state index contributed by atoms with van der Waals surface area (Å²) in [6.45, 7) is 6.26. The first-order chi connectivity index (χ1) is 14.2. The van der Waals surface area contributed by atoms with Crippen LogP contribution >= 0.6 is 0 Å². The van der Waals surface area contributed by atoms with Gasteiger partial charge in [0, 0.05) is 25.5 Å². The molecule has 7 heteroatoms. The van der Waals surface area contributed by atoms with Crippen LogP contribution in [-0.4, -0.2) is 53.0 Å². The van der Waals surface area contributed by atoms with E-state index in [0.717, 1.165) is 16.7 Å². The second-order valence-corrected chi connectivity index (χ2v) is 9.05. The third-order valence-electron chi connectivity index (χ3n) is 7.16. The van der Waals surface area contributed by atoms with Crippen molar-refractivity contribution in [3.63, 3.8) is 0 Å². The Kier molecular flexibility index (Phi) is 5.41. The Morgan fingerprint density at radius 3 is 2.47 bits per heavy atom. The molecule has 164 valence electrons. The van der Waals surface area contributed by atoms with Crippen LogP contribution in [0.4, 0.5) is 0 Å². The average Bonchev–Trinajstić information content (AvgIpc) is 3.17. The topological polar surface area (TPSA) is 96.3 Å². The third-order valence-corrected chi connectivity index (χ3v) is 7.16. The number of hydrogen-bond donors (Lipinski definition) is 2. The maximum absolute atomic E-state index is 13.2. The second-order valence-electron chi connectivity index (χ2n) is 9.05. The number of methoxy groups -OCH3 is 1. The lowest BCUT2D eigenvalue weighted by Gasteiger charge is -2.44.